The van der Waals surface area contributed by atoms with Crippen LogP contribution in [0, 0.1) is 0 Å². The van der Waals surface area contributed by atoms with E-state index in [9.17, 15) is 0 Å². The number of para-hydroxylation sites is 2. The summed E-state index contributed by atoms with van der Waals surface area (Å²) in [5, 5.41) is 6.30. The Bertz CT molecular complexity index is 507. The molecule has 0 unspecified atom stereocenters. The summed E-state index contributed by atoms with van der Waals surface area (Å²) < 4.78 is 5.30. The first-order valence-electron chi connectivity index (χ1n) is 5.64. The van der Waals surface area contributed by atoms with Gasteiger partial charge in [0.05, 0.1) is 0 Å². The van der Waals surface area contributed by atoms with Crippen LogP contribution in [0.1, 0.15) is 0 Å². The minimum absolute atomic E-state index is 0.208. The van der Waals surface area contributed by atoms with Crippen LogP contribution in [-0.4, -0.2) is 10.3 Å². The molecule has 0 fully saturated rings. The second-order valence-corrected chi connectivity index (χ2v) is 4.40. The topological polar surface area (TPSA) is 33.3 Å². The highest BCUT2D eigenvalue weighted by Gasteiger charge is 2.03. The van der Waals surface area contributed by atoms with E-state index in [0.29, 0.717) is 0 Å². The maximum atomic E-state index is 5.30. The highest BCUT2D eigenvalue weighted by Crippen LogP contribution is 2.08. The van der Waals surface area contributed by atoms with Crippen molar-refractivity contribution in [3.8, 4) is 0 Å². The van der Waals surface area contributed by atoms with Crippen LogP contribution in [0.15, 0.2) is 60.7 Å². The van der Waals surface area contributed by atoms with Crippen molar-refractivity contribution in [1.29, 1.82) is 0 Å². The van der Waals surface area contributed by atoms with E-state index >= 15 is 0 Å². The lowest BCUT2D eigenvalue weighted by atomic mass is 10.3. The lowest BCUT2D eigenvalue weighted by Gasteiger charge is -2.11. The molecule has 0 radical (unpaired) electrons. The van der Waals surface area contributed by atoms with Gasteiger partial charge in [-0.05, 0) is 48.7 Å². The minimum Gasteiger partial charge on any atom is -0.404 e. The van der Waals surface area contributed by atoms with Gasteiger partial charge in [0.1, 0.15) is 0 Å². The van der Waals surface area contributed by atoms with Gasteiger partial charge in [-0.15, -0.1) is 0 Å². The van der Waals surface area contributed by atoms with Crippen molar-refractivity contribution in [2.75, 3.05) is 10.6 Å². The lowest BCUT2D eigenvalue weighted by Crippen LogP contribution is -2.22. The number of rotatable bonds is 2. The van der Waals surface area contributed by atoms with Crippen molar-refractivity contribution in [2.45, 2.75) is 0 Å². The number of hydrogen-bond acceptors (Lipinski definition) is 3. The SMILES string of the molecule is S=C(Nc1ccccc1)OC(=S)Nc1ccccc1. The highest BCUT2D eigenvalue weighted by atomic mass is 32.1. The van der Waals surface area contributed by atoms with Crippen LogP contribution in [0.4, 0.5) is 11.4 Å². The normalized spacial score (nSPS) is 9.47. The van der Waals surface area contributed by atoms with Gasteiger partial charge in [0.15, 0.2) is 0 Å². The summed E-state index contributed by atoms with van der Waals surface area (Å²) in [6, 6.07) is 19.1. The summed E-state index contributed by atoms with van der Waals surface area (Å²) in [6.07, 6.45) is 0. The van der Waals surface area contributed by atoms with E-state index in [1.807, 2.05) is 60.7 Å². The van der Waals surface area contributed by atoms with Gasteiger partial charge in [0, 0.05) is 11.4 Å². The van der Waals surface area contributed by atoms with Crippen LogP contribution in [0.25, 0.3) is 0 Å². The molecule has 0 heterocycles. The molecule has 2 aromatic rings. The third-order valence-corrected chi connectivity index (χ3v) is 2.60. The Morgan fingerprint density at radius 3 is 1.42 bits per heavy atom. The standard InChI is InChI=1S/C14H12N2OS2/c18-13(15-11-7-3-1-4-8-11)17-14(19)16-12-9-5-2-6-10-12/h1-10H,(H,15,18)(H,16,19). The Labute approximate surface area is 122 Å². The molecule has 2 N–H and O–H groups in total. The number of thiocarbonyl (C=S) groups is 2. The predicted molar refractivity (Wildman–Crippen MR) is 86.4 cm³/mol. The van der Waals surface area contributed by atoms with E-state index in [-0.39, 0.29) is 10.3 Å². The molecular weight excluding hydrogens is 276 g/mol. The zero-order valence-electron chi connectivity index (χ0n) is 10.00. The van der Waals surface area contributed by atoms with Gasteiger partial charge in [-0.25, -0.2) is 0 Å². The van der Waals surface area contributed by atoms with Crippen LogP contribution in [0.2, 0.25) is 0 Å². The summed E-state index contributed by atoms with van der Waals surface area (Å²) in [7, 11) is 0. The van der Waals surface area contributed by atoms with Crippen LogP contribution in [-0.2, 0) is 4.74 Å². The number of hydrogen-bond donors (Lipinski definition) is 2. The Kier molecular flexibility index (Phi) is 4.83. The van der Waals surface area contributed by atoms with Gasteiger partial charge in [-0.1, -0.05) is 36.4 Å². The molecule has 0 saturated carbocycles. The lowest BCUT2D eigenvalue weighted by molar-refractivity contribution is 0.571. The van der Waals surface area contributed by atoms with Crippen molar-refractivity contribution in [2.24, 2.45) is 0 Å². The van der Waals surface area contributed by atoms with Crippen molar-refractivity contribution in [3.05, 3.63) is 60.7 Å². The van der Waals surface area contributed by atoms with Crippen LogP contribution >= 0.6 is 24.4 Å². The maximum absolute atomic E-state index is 5.30. The maximum Gasteiger partial charge on any atom is 0.268 e. The summed E-state index contributed by atoms with van der Waals surface area (Å²) in [4.78, 5) is 0. The van der Waals surface area contributed by atoms with Gasteiger partial charge in [-0.3, -0.25) is 0 Å². The van der Waals surface area contributed by atoms with Gasteiger partial charge < -0.3 is 15.4 Å². The molecule has 0 amide bonds. The van der Waals surface area contributed by atoms with Gasteiger partial charge >= 0.3 is 0 Å². The second kappa shape index (κ2) is 6.82. The third-order valence-electron chi connectivity index (χ3n) is 2.23. The number of benzene rings is 2. The zero-order chi connectivity index (χ0) is 13.5. The van der Waals surface area contributed by atoms with Gasteiger partial charge in [0.25, 0.3) is 10.3 Å². The van der Waals surface area contributed by atoms with Crippen molar-refractivity contribution in [3.63, 3.8) is 0 Å². The molecule has 0 spiro atoms. The molecule has 3 nitrogen and oxygen atoms in total. The molecule has 2 aromatic carbocycles. The molecule has 0 atom stereocenters. The Morgan fingerprint density at radius 1 is 0.684 bits per heavy atom. The fraction of sp³-hybridized carbons (Fsp3) is 0. The van der Waals surface area contributed by atoms with E-state index in [4.69, 9.17) is 29.2 Å². The van der Waals surface area contributed by atoms with Crippen molar-refractivity contribution >= 4 is 46.2 Å². The van der Waals surface area contributed by atoms with E-state index in [1.54, 1.807) is 0 Å². The van der Waals surface area contributed by atoms with Gasteiger partial charge in [0.2, 0.25) is 0 Å². The molecule has 0 aromatic heterocycles. The summed E-state index contributed by atoms with van der Waals surface area (Å²) in [6.45, 7) is 0. The van der Waals surface area contributed by atoms with Crippen molar-refractivity contribution < 1.29 is 4.74 Å². The summed E-state index contributed by atoms with van der Waals surface area (Å²) >= 11 is 10.1. The van der Waals surface area contributed by atoms with Crippen LogP contribution < -0.4 is 10.6 Å². The largest absolute Gasteiger partial charge is 0.404 e. The Morgan fingerprint density at radius 2 is 1.05 bits per heavy atom. The quantitative estimate of drug-likeness (QED) is 0.822. The molecule has 0 aliphatic heterocycles. The number of nitrogens with one attached hydrogen (secondary N) is 2. The molecule has 0 aliphatic rings. The fourth-order valence-electron chi connectivity index (χ4n) is 1.41. The van der Waals surface area contributed by atoms with Crippen LogP contribution in [0.3, 0.4) is 0 Å². The monoisotopic (exact) mass is 288 g/mol. The third kappa shape index (κ3) is 4.65. The zero-order valence-corrected chi connectivity index (χ0v) is 11.6. The highest BCUT2D eigenvalue weighted by molar-refractivity contribution is 7.81. The van der Waals surface area contributed by atoms with E-state index < -0.39 is 0 Å². The van der Waals surface area contributed by atoms with Crippen LogP contribution in [0.5, 0.6) is 0 Å². The Balaban J connectivity index is 1.84. The number of anilines is 2. The predicted octanol–water partition coefficient (Wildman–Crippen LogP) is 3.80. The van der Waals surface area contributed by atoms with E-state index in [1.165, 1.54) is 0 Å². The van der Waals surface area contributed by atoms with Crippen molar-refractivity contribution in [1.82, 2.24) is 0 Å². The summed E-state index contributed by atoms with van der Waals surface area (Å²) in [5.74, 6) is 0. The minimum atomic E-state index is 0.208. The molecule has 5 heteroatoms. The second-order valence-electron chi connectivity index (χ2n) is 3.66. The first-order valence-corrected chi connectivity index (χ1v) is 6.45. The number of ether oxygens (including phenoxy) is 1. The first-order chi connectivity index (χ1) is 9.24. The average Bonchev–Trinajstić information content (AvgIpc) is 2.40. The molecule has 0 saturated heterocycles. The van der Waals surface area contributed by atoms with Gasteiger partial charge in [-0.2, -0.15) is 0 Å². The molecule has 0 bridgehead atoms. The average molecular weight is 288 g/mol. The molecule has 96 valence electrons. The fourth-order valence-corrected chi connectivity index (χ4v) is 1.87. The molecule has 2 rings (SSSR count). The van der Waals surface area contributed by atoms with E-state index in [0.717, 1.165) is 11.4 Å². The smallest absolute Gasteiger partial charge is 0.268 e. The molecule has 0 aliphatic carbocycles. The molecule has 19 heavy (non-hydrogen) atoms. The van der Waals surface area contributed by atoms with E-state index in [2.05, 4.69) is 10.6 Å². The molecular formula is C14H12N2OS2. The summed E-state index contributed by atoms with van der Waals surface area (Å²) in [5.41, 5.74) is 1.71. The first kappa shape index (κ1) is 13.5. The Hall–Kier alpha value is -1.98.